The number of nitrogens with one attached hydrogen (secondary N) is 1. The fourth-order valence-corrected chi connectivity index (χ4v) is 2.37. The highest BCUT2D eigenvalue weighted by Gasteiger charge is 2.19. The van der Waals surface area contributed by atoms with Crippen LogP contribution in [0.1, 0.15) is 22.9 Å². The number of benzene rings is 2. The molecule has 0 aliphatic carbocycles. The van der Waals surface area contributed by atoms with Gasteiger partial charge in [0.15, 0.2) is 0 Å². The highest BCUT2D eigenvalue weighted by Crippen LogP contribution is 2.24. The van der Waals surface area contributed by atoms with Crippen LogP contribution >= 0.6 is 0 Å². The molecule has 2 heteroatoms. The van der Waals surface area contributed by atoms with E-state index in [-0.39, 0.29) is 6.23 Å². The minimum absolute atomic E-state index is 0.0233. The molecule has 0 bridgehead atoms. The lowest BCUT2D eigenvalue weighted by Gasteiger charge is -2.27. The number of hydrogen-bond donors (Lipinski definition) is 1. The Bertz CT molecular complexity index is 510. The first-order valence-electron chi connectivity index (χ1n) is 6.40. The first kappa shape index (κ1) is 11.5. The molecule has 0 amide bonds. The van der Waals surface area contributed by atoms with Crippen LogP contribution in [0.3, 0.4) is 0 Å². The summed E-state index contributed by atoms with van der Waals surface area (Å²) in [4.78, 5) is 0. The lowest BCUT2D eigenvalue weighted by atomic mass is 10.00. The Kier molecular flexibility index (Phi) is 3.40. The second-order valence-electron chi connectivity index (χ2n) is 4.58. The van der Waals surface area contributed by atoms with Crippen molar-refractivity contribution in [3.05, 3.63) is 71.3 Å². The molecule has 2 aromatic carbocycles. The highest BCUT2D eigenvalue weighted by molar-refractivity contribution is 5.31. The van der Waals surface area contributed by atoms with E-state index >= 15 is 0 Å². The van der Waals surface area contributed by atoms with Crippen molar-refractivity contribution < 1.29 is 4.74 Å². The van der Waals surface area contributed by atoms with Crippen molar-refractivity contribution in [3.63, 3.8) is 0 Å². The smallest absolute Gasteiger partial charge is 0.135 e. The maximum Gasteiger partial charge on any atom is 0.135 e. The molecule has 1 aliphatic heterocycles. The molecule has 1 atom stereocenters. The summed E-state index contributed by atoms with van der Waals surface area (Å²) < 4.78 is 5.98. The molecule has 1 N–H and O–H groups in total. The van der Waals surface area contributed by atoms with Crippen molar-refractivity contribution in [2.75, 3.05) is 6.54 Å². The Morgan fingerprint density at radius 1 is 1.00 bits per heavy atom. The number of fused-ring (bicyclic) bond motifs is 1. The van der Waals surface area contributed by atoms with Crippen molar-refractivity contribution in [1.82, 2.24) is 5.32 Å². The van der Waals surface area contributed by atoms with E-state index in [2.05, 4.69) is 41.7 Å². The summed E-state index contributed by atoms with van der Waals surface area (Å²) in [5.74, 6) is 0. The van der Waals surface area contributed by atoms with E-state index in [1.807, 2.05) is 18.2 Å². The van der Waals surface area contributed by atoms with Crippen LogP contribution in [-0.4, -0.2) is 6.54 Å². The predicted octanol–water partition coefficient (Wildman–Crippen LogP) is 3.05. The van der Waals surface area contributed by atoms with Crippen molar-refractivity contribution in [2.45, 2.75) is 19.3 Å². The number of ether oxygens (including phenoxy) is 1. The van der Waals surface area contributed by atoms with Crippen molar-refractivity contribution in [2.24, 2.45) is 0 Å². The Hall–Kier alpha value is -1.64. The van der Waals surface area contributed by atoms with Gasteiger partial charge in [-0.1, -0.05) is 54.6 Å². The first-order chi connectivity index (χ1) is 8.93. The van der Waals surface area contributed by atoms with Gasteiger partial charge in [-0.25, -0.2) is 0 Å². The molecule has 18 heavy (non-hydrogen) atoms. The molecule has 0 saturated heterocycles. The van der Waals surface area contributed by atoms with E-state index < -0.39 is 0 Å². The number of hydrogen-bond acceptors (Lipinski definition) is 2. The van der Waals surface area contributed by atoms with Gasteiger partial charge in [0.25, 0.3) is 0 Å². The Morgan fingerprint density at radius 3 is 2.67 bits per heavy atom. The molecule has 0 saturated carbocycles. The van der Waals surface area contributed by atoms with E-state index in [1.165, 1.54) is 16.7 Å². The molecule has 2 nitrogen and oxygen atoms in total. The quantitative estimate of drug-likeness (QED) is 0.889. The van der Waals surface area contributed by atoms with Crippen LogP contribution < -0.4 is 5.32 Å². The Labute approximate surface area is 108 Å². The summed E-state index contributed by atoms with van der Waals surface area (Å²) in [6, 6.07) is 18.8. The predicted molar refractivity (Wildman–Crippen MR) is 72.1 cm³/mol. The van der Waals surface area contributed by atoms with E-state index in [0.717, 1.165) is 13.0 Å². The average Bonchev–Trinajstić information content (AvgIpc) is 2.46. The molecule has 92 valence electrons. The molecular formula is C16H17NO. The zero-order valence-electron chi connectivity index (χ0n) is 10.3. The molecule has 0 fully saturated rings. The third-order valence-corrected chi connectivity index (χ3v) is 3.32. The molecule has 1 aliphatic rings. The summed E-state index contributed by atoms with van der Waals surface area (Å²) >= 11 is 0. The summed E-state index contributed by atoms with van der Waals surface area (Å²) in [5, 5.41) is 3.42. The topological polar surface area (TPSA) is 21.3 Å². The molecule has 0 unspecified atom stereocenters. The molecule has 0 aromatic heterocycles. The molecule has 3 rings (SSSR count). The summed E-state index contributed by atoms with van der Waals surface area (Å²) in [6.07, 6.45) is 1.11. The van der Waals surface area contributed by atoms with Crippen molar-refractivity contribution in [1.29, 1.82) is 0 Å². The fourth-order valence-electron chi connectivity index (χ4n) is 2.37. The van der Waals surface area contributed by atoms with Crippen LogP contribution in [0.4, 0.5) is 0 Å². The van der Waals surface area contributed by atoms with Gasteiger partial charge in [0.1, 0.15) is 6.23 Å². The Balaban J connectivity index is 1.71. The van der Waals surface area contributed by atoms with Crippen LogP contribution in [-0.2, 0) is 17.8 Å². The van der Waals surface area contributed by atoms with Gasteiger partial charge in [-0.15, -0.1) is 0 Å². The lowest BCUT2D eigenvalue weighted by Crippen LogP contribution is -2.31. The fraction of sp³-hybridized carbons (Fsp3) is 0.250. The minimum atomic E-state index is 0.0233. The highest BCUT2D eigenvalue weighted by atomic mass is 16.5. The molecule has 0 radical (unpaired) electrons. The normalized spacial score (nSPS) is 18.3. The van der Waals surface area contributed by atoms with Gasteiger partial charge < -0.3 is 4.74 Å². The van der Waals surface area contributed by atoms with Crippen LogP contribution in [0.5, 0.6) is 0 Å². The van der Waals surface area contributed by atoms with Crippen LogP contribution in [0.15, 0.2) is 54.6 Å². The molecule has 0 spiro atoms. The van der Waals surface area contributed by atoms with Gasteiger partial charge in [0.05, 0.1) is 6.61 Å². The van der Waals surface area contributed by atoms with E-state index in [1.54, 1.807) is 0 Å². The van der Waals surface area contributed by atoms with Gasteiger partial charge in [0.2, 0.25) is 0 Å². The van der Waals surface area contributed by atoms with Crippen LogP contribution in [0, 0.1) is 0 Å². The minimum Gasteiger partial charge on any atom is -0.354 e. The van der Waals surface area contributed by atoms with Gasteiger partial charge in [0, 0.05) is 6.54 Å². The number of rotatable bonds is 3. The van der Waals surface area contributed by atoms with Gasteiger partial charge >= 0.3 is 0 Å². The third kappa shape index (κ3) is 2.45. The van der Waals surface area contributed by atoms with Crippen LogP contribution in [0.25, 0.3) is 0 Å². The lowest BCUT2D eigenvalue weighted by molar-refractivity contribution is 0.0121. The maximum atomic E-state index is 5.98. The molecule has 2 aromatic rings. The average molecular weight is 239 g/mol. The van der Waals surface area contributed by atoms with E-state index in [0.29, 0.717) is 6.61 Å². The van der Waals surface area contributed by atoms with E-state index in [9.17, 15) is 0 Å². The van der Waals surface area contributed by atoms with Gasteiger partial charge in [-0.2, -0.15) is 0 Å². The SMILES string of the molecule is c1ccc(CO[C@@H]2NCCc3ccccc32)cc1. The van der Waals surface area contributed by atoms with Gasteiger partial charge in [-0.05, 0) is 23.1 Å². The van der Waals surface area contributed by atoms with E-state index in [4.69, 9.17) is 4.74 Å². The first-order valence-corrected chi connectivity index (χ1v) is 6.40. The second kappa shape index (κ2) is 5.34. The Morgan fingerprint density at radius 2 is 1.78 bits per heavy atom. The summed E-state index contributed by atoms with van der Waals surface area (Å²) in [6.45, 7) is 1.63. The zero-order chi connectivity index (χ0) is 12.2. The molecule has 1 heterocycles. The maximum absolute atomic E-state index is 5.98. The third-order valence-electron chi connectivity index (χ3n) is 3.32. The standard InChI is InChI=1S/C16H17NO/c1-2-6-13(7-3-1)12-18-16-15-9-5-4-8-14(15)10-11-17-16/h1-9,16-17H,10-12H2/t16-/m0/s1. The van der Waals surface area contributed by atoms with Crippen molar-refractivity contribution >= 4 is 0 Å². The summed E-state index contributed by atoms with van der Waals surface area (Å²) in [5.41, 5.74) is 3.89. The van der Waals surface area contributed by atoms with Gasteiger partial charge in [-0.3, -0.25) is 5.32 Å². The largest absolute Gasteiger partial charge is 0.354 e. The van der Waals surface area contributed by atoms with Crippen LogP contribution in [0.2, 0.25) is 0 Å². The summed E-state index contributed by atoms with van der Waals surface area (Å²) in [7, 11) is 0. The monoisotopic (exact) mass is 239 g/mol. The molecular weight excluding hydrogens is 222 g/mol. The van der Waals surface area contributed by atoms with Crippen molar-refractivity contribution in [3.8, 4) is 0 Å². The zero-order valence-corrected chi connectivity index (χ0v) is 10.3. The second-order valence-corrected chi connectivity index (χ2v) is 4.58.